The number of hydrogen-bond acceptors (Lipinski definition) is 5. The molecule has 7 heteroatoms. The van der Waals surface area contributed by atoms with Crippen molar-refractivity contribution < 1.29 is 4.79 Å². The standard InChI is InChI=1S/C17H17N5O2/c23-16(19-12-13-7-9-18-10-8-13)6-3-11-22-17(24)14-4-1-2-5-15(14)20-21-22/h1-2,4-5,7-10H,3,6,11-12H2,(H,19,23). The van der Waals surface area contributed by atoms with Crippen LogP contribution in [0.1, 0.15) is 18.4 Å². The second-order valence-electron chi connectivity index (χ2n) is 5.37. The summed E-state index contributed by atoms with van der Waals surface area (Å²) in [6, 6.07) is 10.8. The minimum absolute atomic E-state index is 0.0615. The lowest BCUT2D eigenvalue weighted by Gasteiger charge is -2.06. The molecule has 0 aliphatic rings. The first-order valence-electron chi connectivity index (χ1n) is 7.72. The molecule has 1 N–H and O–H groups in total. The van der Waals surface area contributed by atoms with Gasteiger partial charge in [-0.05, 0) is 36.2 Å². The number of amides is 1. The molecule has 0 atom stereocenters. The normalized spacial score (nSPS) is 10.7. The SMILES string of the molecule is O=C(CCCn1nnc2ccccc2c1=O)NCc1ccncc1. The summed E-state index contributed by atoms with van der Waals surface area (Å²) < 4.78 is 1.30. The molecule has 0 saturated heterocycles. The Morgan fingerprint density at radius 1 is 1.12 bits per heavy atom. The number of carbonyl (C=O) groups excluding carboxylic acids is 1. The van der Waals surface area contributed by atoms with E-state index in [1.54, 1.807) is 30.6 Å². The summed E-state index contributed by atoms with van der Waals surface area (Å²) in [6.07, 6.45) is 4.22. The lowest BCUT2D eigenvalue weighted by Crippen LogP contribution is -2.26. The lowest BCUT2D eigenvalue weighted by molar-refractivity contribution is -0.121. The largest absolute Gasteiger partial charge is 0.352 e. The summed E-state index contributed by atoms with van der Waals surface area (Å²) in [5, 5.41) is 11.3. The van der Waals surface area contributed by atoms with Crippen molar-refractivity contribution in [3.8, 4) is 0 Å². The van der Waals surface area contributed by atoms with Crippen LogP contribution in [0.5, 0.6) is 0 Å². The predicted octanol–water partition coefficient (Wildman–Crippen LogP) is 1.28. The van der Waals surface area contributed by atoms with Crippen LogP contribution in [0.3, 0.4) is 0 Å². The molecule has 0 fully saturated rings. The number of benzene rings is 1. The molecule has 2 aromatic heterocycles. The molecule has 3 rings (SSSR count). The van der Waals surface area contributed by atoms with Crippen molar-refractivity contribution in [2.24, 2.45) is 0 Å². The molecule has 24 heavy (non-hydrogen) atoms. The van der Waals surface area contributed by atoms with Gasteiger partial charge in [0.2, 0.25) is 5.91 Å². The van der Waals surface area contributed by atoms with E-state index in [4.69, 9.17) is 0 Å². The van der Waals surface area contributed by atoms with Crippen molar-refractivity contribution in [3.05, 3.63) is 64.7 Å². The fraction of sp³-hybridized carbons (Fsp3) is 0.235. The molecule has 1 aromatic carbocycles. The fourth-order valence-electron chi connectivity index (χ4n) is 2.35. The second-order valence-corrected chi connectivity index (χ2v) is 5.37. The average molecular weight is 323 g/mol. The molecule has 1 amide bonds. The maximum atomic E-state index is 12.3. The monoisotopic (exact) mass is 323 g/mol. The van der Waals surface area contributed by atoms with E-state index in [1.807, 2.05) is 18.2 Å². The van der Waals surface area contributed by atoms with Gasteiger partial charge in [-0.2, -0.15) is 0 Å². The molecule has 0 spiro atoms. The summed E-state index contributed by atoms with van der Waals surface area (Å²) in [7, 11) is 0. The first-order chi connectivity index (χ1) is 11.7. The second kappa shape index (κ2) is 7.45. The van der Waals surface area contributed by atoms with Gasteiger partial charge >= 0.3 is 0 Å². The lowest BCUT2D eigenvalue weighted by atomic mass is 10.2. The maximum absolute atomic E-state index is 12.3. The van der Waals surface area contributed by atoms with E-state index in [1.165, 1.54) is 4.68 Å². The highest BCUT2D eigenvalue weighted by Gasteiger charge is 2.06. The number of aromatic nitrogens is 4. The first kappa shape index (κ1) is 15.8. The third kappa shape index (κ3) is 3.81. The Balaban J connectivity index is 1.52. The maximum Gasteiger partial charge on any atom is 0.277 e. The molecule has 0 radical (unpaired) electrons. The van der Waals surface area contributed by atoms with Crippen LogP contribution in [0.15, 0.2) is 53.6 Å². The number of carbonyl (C=O) groups is 1. The number of pyridine rings is 1. The van der Waals surface area contributed by atoms with Gasteiger partial charge in [0.25, 0.3) is 5.56 Å². The van der Waals surface area contributed by atoms with Crippen LogP contribution in [0.25, 0.3) is 10.9 Å². The smallest absolute Gasteiger partial charge is 0.277 e. The number of nitrogens with one attached hydrogen (secondary N) is 1. The van der Waals surface area contributed by atoms with Gasteiger partial charge in [0, 0.05) is 31.9 Å². The number of fused-ring (bicyclic) bond motifs is 1. The zero-order chi connectivity index (χ0) is 16.8. The molecule has 0 aliphatic carbocycles. The molecule has 0 bridgehead atoms. The highest BCUT2D eigenvalue weighted by Crippen LogP contribution is 2.04. The molecule has 3 aromatic rings. The summed E-state index contributed by atoms with van der Waals surface area (Å²) in [6.45, 7) is 0.830. The Morgan fingerprint density at radius 2 is 1.92 bits per heavy atom. The Kier molecular flexibility index (Phi) is 4.90. The number of nitrogens with zero attached hydrogens (tertiary/aromatic N) is 4. The van der Waals surface area contributed by atoms with E-state index in [0.29, 0.717) is 36.8 Å². The first-order valence-corrected chi connectivity index (χ1v) is 7.72. The Labute approximate surface area is 138 Å². The van der Waals surface area contributed by atoms with Gasteiger partial charge in [0.05, 0.1) is 5.39 Å². The minimum Gasteiger partial charge on any atom is -0.352 e. The van der Waals surface area contributed by atoms with E-state index in [9.17, 15) is 9.59 Å². The molecule has 0 saturated carbocycles. The van der Waals surface area contributed by atoms with E-state index in [-0.39, 0.29) is 11.5 Å². The van der Waals surface area contributed by atoms with Gasteiger partial charge in [-0.1, -0.05) is 17.3 Å². The highest BCUT2D eigenvalue weighted by atomic mass is 16.1. The Hall–Kier alpha value is -3.09. The quantitative estimate of drug-likeness (QED) is 0.738. The summed E-state index contributed by atoms with van der Waals surface area (Å²) >= 11 is 0. The average Bonchev–Trinajstić information content (AvgIpc) is 2.63. The molecular formula is C17H17N5O2. The summed E-state index contributed by atoms with van der Waals surface area (Å²) in [5.74, 6) is -0.0615. The molecule has 7 nitrogen and oxygen atoms in total. The zero-order valence-electron chi connectivity index (χ0n) is 13.1. The van der Waals surface area contributed by atoms with Crippen molar-refractivity contribution in [2.75, 3.05) is 0 Å². The van der Waals surface area contributed by atoms with Gasteiger partial charge < -0.3 is 5.32 Å². The van der Waals surface area contributed by atoms with E-state index in [0.717, 1.165) is 5.56 Å². The minimum atomic E-state index is -0.183. The van der Waals surface area contributed by atoms with Crippen LogP contribution >= 0.6 is 0 Å². The van der Waals surface area contributed by atoms with Crippen molar-refractivity contribution in [1.82, 2.24) is 25.3 Å². The van der Waals surface area contributed by atoms with Crippen LogP contribution in [0.2, 0.25) is 0 Å². The van der Waals surface area contributed by atoms with Crippen molar-refractivity contribution in [2.45, 2.75) is 25.9 Å². The zero-order valence-corrected chi connectivity index (χ0v) is 13.1. The highest BCUT2D eigenvalue weighted by molar-refractivity contribution is 5.76. The molecule has 0 aliphatic heterocycles. The van der Waals surface area contributed by atoms with E-state index >= 15 is 0 Å². The molecule has 2 heterocycles. The molecule has 0 unspecified atom stereocenters. The van der Waals surface area contributed by atoms with Crippen molar-refractivity contribution >= 4 is 16.8 Å². The van der Waals surface area contributed by atoms with Crippen molar-refractivity contribution in [1.29, 1.82) is 0 Å². The number of rotatable bonds is 6. The number of aryl methyl sites for hydroxylation is 1. The third-order valence-corrected chi connectivity index (χ3v) is 3.64. The van der Waals surface area contributed by atoms with Crippen LogP contribution in [0.4, 0.5) is 0 Å². The van der Waals surface area contributed by atoms with Gasteiger partial charge in [-0.3, -0.25) is 14.6 Å². The van der Waals surface area contributed by atoms with Gasteiger partial charge in [-0.15, -0.1) is 5.10 Å². The van der Waals surface area contributed by atoms with E-state index in [2.05, 4.69) is 20.6 Å². The van der Waals surface area contributed by atoms with Gasteiger partial charge in [0.1, 0.15) is 5.52 Å². The van der Waals surface area contributed by atoms with Crippen LogP contribution < -0.4 is 10.9 Å². The Bertz CT molecular complexity index is 892. The topological polar surface area (TPSA) is 89.8 Å². The van der Waals surface area contributed by atoms with Crippen LogP contribution in [-0.4, -0.2) is 25.9 Å². The van der Waals surface area contributed by atoms with Crippen molar-refractivity contribution in [3.63, 3.8) is 0 Å². The van der Waals surface area contributed by atoms with Crippen LogP contribution in [-0.2, 0) is 17.9 Å². The molecule has 122 valence electrons. The predicted molar refractivity (Wildman–Crippen MR) is 89.1 cm³/mol. The van der Waals surface area contributed by atoms with E-state index < -0.39 is 0 Å². The third-order valence-electron chi connectivity index (χ3n) is 3.64. The van der Waals surface area contributed by atoms with Crippen LogP contribution in [0, 0.1) is 0 Å². The Morgan fingerprint density at radius 3 is 2.75 bits per heavy atom. The summed E-state index contributed by atoms with van der Waals surface area (Å²) in [4.78, 5) is 28.1. The molecular weight excluding hydrogens is 306 g/mol. The van der Waals surface area contributed by atoms with Gasteiger partial charge in [-0.25, -0.2) is 4.68 Å². The number of hydrogen-bond donors (Lipinski definition) is 1. The van der Waals surface area contributed by atoms with Gasteiger partial charge in [0.15, 0.2) is 0 Å². The fourth-order valence-corrected chi connectivity index (χ4v) is 2.35. The summed E-state index contributed by atoms with van der Waals surface area (Å²) in [5.41, 5.74) is 1.39.